The van der Waals surface area contributed by atoms with Crippen LogP contribution < -0.4 is 10.5 Å². The standard InChI is InChI=1S/C16H24N2O3/c1-4-21-13-7-5-12(6-8-13)9-18(3)15(19)16(2)11-20-10-14(16)17/h5-8,14H,4,9-11,17H2,1-3H3. The minimum absolute atomic E-state index is 0.0291. The second-order valence-corrected chi connectivity index (χ2v) is 5.78. The maximum atomic E-state index is 12.6. The summed E-state index contributed by atoms with van der Waals surface area (Å²) in [6, 6.07) is 7.55. The number of nitrogens with zero attached hydrogens (tertiary/aromatic N) is 1. The van der Waals surface area contributed by atoms with Gasteiger partial charge in [-0.25, -0.2) is 0 Å². The van der Waals surface area contributed by atoms with Gasteiger partial charge in [0.25, 0.3) is 0 Å². The zero-order valence-corrected chi connectivity index (χ0v) is 13.0. The van der Waals surface area contributed by atoms with Gasteiger partial charge in [0.15, 0.2) is 0 Å². The summed E-state index contributed by atoms with van der Waals surface area (Å²) in [5.41, 5.74) is 6.45. The van der Waals surface area contributed by atoms with Gasteiger partial charge in [0.05, 0.1) is 25.2 Å². The fourth-order valence-electron chi connectivity index (χ4n) is 2.55. The highest BCUT2D eigenvalue weighted by atomic mass is 16.5. The average Bonchev–Trinajstić information content (AvgIpc) is 2.81. The number of hydrogen-bond donors (Lipinski definition) is 1. The Kier molecular flexibility index (Phi) is 4.85. The summed E-state index contributed by atoms with van der Waals surface area (Å²) in [6.07, 6.45) is 0. The molecule has 5 heteroatoms. The first-order chi connectivity index (χ1) is 9.97. The van der Waals surface area contributed by atoms with Gasteiger partial charge in [-0.3, -0.25) is 4.79 Å². The smallest absolute Gasteiger partial charge is 0.232 e. The van der Waals surface area contributed by atoms with Crippen molar-refractivity contribution in [2.45, 2.75) is 26.4 Å². The second kappa shape index (κ2) is 6.45. The molecule has 1 saturated heterocycles. The number of carbonyl (C=O) groups excluding carboxylic acids is 1. The molecule has 2 unspecified atom stereocenters. The zero-order valence-electron chi connectivity index (χ0n) is 13.0. The van der Waals surface area contributed by atoms with E-state index in [2.05, 4.69) is 0 Å². The van der Waals surface area contributed by atoms with Crippen molar-refractivity contribution in [3.63, 3.8) is 0 Å². The van der Waals surface area contributed by atoms with Crippen LogP contribution >= 0.6 is 0 Å². The van der Waals surface area contributed by atoms with Crippen molar-refractivity contribution in [3.05, 3.63) is 29.8 Å². The molecule has 1 fully saturated rings. The van der Waals surface area contributed by atoms with E-state index in [0.29, 0.717) is 26.4 Å². The van der Waals surface area contributed by atoms with Gasteiger partial charge >= 0.3 is 0 Å². The first kappa shape index (κ1) is 15.8. The second-order valence-electron chi connectivity index (χ2n) is 5.78. The van der Waals surface area contributed by atoms with Crippen LogP contribution in [-0.2, 0) is 16.1 Å². The predicted octanol–water partition coefficient (Wildman–Crippen LogP) is 1.41. The van der Waals surface area contributed by atoms with Crippen LogP contribution in [0.3, 0.4) is 0 Å². The van der Waals surface area contributed by atoms with Crippen LogP contribution in [0.5, 0.6) is 5.75 Å². The molecule has 2 rings (SSSR count). The summed E-state index contributed by atoms with van der Waals surface area (Å²) in [5, 5.41) is 0. The van der Waals surface area contributed by atoms with Gasteiger partial charge in [-0.05, 0) is 31.5 Å². The molecule has 1 aliphatic heterocycles. The average molecular weight is 292 g/mol. The molecule has 2 atom stereocenters. The summed E-state index contributed by atoms with van der Waals surface area (Å²) in [6.45, 7) is 5.86. The van der Waals surface area contributed by atoms with Crippen molar-refractivity contribution >= 4 is 5.91 Å². The molecular formula is C16H24N2O3. The molecule has 2 N–H and O–H groups in total. The molecule has 0 spiro atoms. The van der Waals surface area contributed by atoms with E-state index >= 15 is 0 Å². The topological polar surface area (TPSA) is 64.8 Å². The molecule has 21 heavy (non-hydrogen) atoms. The zero-order chi connectivity index (χ0) is 15.5. The molecule has 1 amide bonds. The molecule has 0 saturated carbocycles. The Bertz CT molecular complexity index is 489. The number of rotatable bonds is 5. The SMILES string of the molecule is CCOc1ccc(CN(C)C(=O)C2(C)COCC2N)cc1. The predicted molar refractivity (Wildman–Crippen MR) is 81.0 cm³/mol. The Morgan fingerprint density at radius 2 is 2.14 bits per heavy atom. The summed E-state index contributed by atoms with van der Waals surface area (Å²) >= 11 is 0. The highest BCUT2D eigenvalue weighted by Gasteiger charge is 2.45. The van der Waals surface area contributed by atoms with Gasteiger partial charge in [-0.2, -0.15) is 0 Å². The van der Waals surface area contributed by atoms with Crippen molar-refractivity contribution in [1.29, 1.82) is 0 Å². The molecular weight excluding hydrogens is 268 g/mol. The summed E-state index contributed by atoms with van der Waals surface area (Å²) in [7, 11) is 1.80. The number of ether oxygens (including phenoxy) is 2. The fraction of sp³-hybridized carbons (Fsp3) is 0.562. The third-order valence-electron chi connectivity index (χ3n) is 4.01. The normalized spacial score (nSPS) is 24.9. The minimum atomic E-state index is -0.625. The first-order valence-electron chi connectivity index (χ1n) is 7.28. The van der Waals surface area contributed by atoms with Crippen LogP contribution in [-0.4, -0.2) is 43.7 Å². The van der Waals surface area contributed by atoms with E-state index in [1.807, 2.05) is 38.1 Å². The molecule has 0 radical (unpaired) electrons. The van der Waals surface area contributed by atoms with Crippen LogP contribution in [0.25, 0.3) is 0 Å². The monoisotopic (exact) mass is 292 g/mol. The van der Waals surface area contributed by atoms with Gasteiger partial charge in [-0.1, -0.05) is 12.1 Å². The van der Waals surface area contributed by atoms with E-state index in [1.54, 1.807) is 11.9 Å². The molecule has 0 bridgehead atoms. The lowest BCUT2D eigenvalue weighted by atomic mass is 9.84. The fourth-order valence-corrected chi connectivity index (χ4v) is 2.55. The molecule has 1 aliphatic rings. The van der Waals surface area contributed by atoms with Crippen molar-refractivity contribution < 1.29 is 14.3 Å². The lowest BCUT2D eigenvalue weighted by molar-refractivity contribution is -0.140. The number of amides is 1. The van der Waals surface area contributed by atoms with Crippen molar-refractivity contribution in [3.8, 4) is 5.75 Å². The summed E-state index contributed by atoms with van der Waals surface area (Å²) in [4.78, 5) is 14.3. The van der Waals surface area contributed by atoms with Crippen LogP contribution in [0.2, 0.25) is 0 Å². The Labute approximate surface area is 126 Å². The van der Waals surface area contributed by atoms with Crippen LogP contribution in [0, 0.1) is 5.41 Å². The molecule has 0 aliphatic carbocycles. The lowest BCUT2D eigenvalue weighted by Crippen LogP contribution is -2.50. The van der Waals surface area contributed by atoms with Crippen LogP contribution in [0.4, 0.5) is 0 Å². The highest BCUT2D eigenvalue weighted by molar-refractivity contribution is 5.83. The van der Waals surface area contributed by atoms with Gasteiger partial charge in [-0.15, -0.1) is 0 Å². The number of hydrogen-bond acceptors (Lipinski definition) is 4. The Hall–Kier alpha value is -1.59. The third-order valence-corrected chi connectivity index (χ3v) is 4.01. The number of carbonyl (C=O) groups is 1. The summed E-state index contributed by atoms with van der Waals surface area (Å²) in [5.74, 6) is 0.870. The van der Waals surface area contributed by atoms with Gasteiger partial charge in [0.2, 0.25) is 5.91 Å². The molecule has 1 aromatic carbocycles. The van der Waals surface area contributed by atoms with E-state index < -0.39 is 5.41 Å². The van der Waals surface area contributed by atoms with E-state index in [9.17, 15) is 4.79 Å². The highest BCUT2D eigenvalue weighted by Crippen LogP contribution is 2.29. The first-order valence-corrected chi connectivity index (χ1v) is 7.28. The molecule has 5 nitrogen and oxygen atoms in total. The number of nitrogens with two attached hydrogens (primary N) is 1. The molecule has 116 valence electrons. The largest absolute Gasteiger partial charge is 0.494 e. The van der Waals surface area contributed by atoms with Gasteiger partial charge in [0, 0.05) is 19.6 Å². The van der Waals surface area contributed by atoms with E-state index in [1.165, 1.54) is 0 Å². The van der Waals surface area contributed by atoms with E-state index in [4.69, 9.17) is 15.2 Å². The Morgan fingerprint density at radius 3 is 2.67 bits per heavy atom. The van der Waals surface area contributed by atoms with Crippen LogP contribution in [0.15, 0.2) is 24.3 Å². The minimum Gasteiger partial charge on any atom is -0.494 e. The molecule has 0 aromatic heterocycles. The van der Waals surface area contributed by atoms with Crippen molar-refractivity contribution in [2.75, 3.05) is 26.9 Å². The van der Waals surface area contributed by atoms with Crippen molar-refractivity contribution in [1.82, 2.24) is 4.90 Å². The van der Waals surface area contributed by atoms with Crippen LogP contribution in [0.1, 0.15) is 19.4 Å². The molecule has 1 aromatic rings. The lowest BCUT2D eigenvalue weighted by Gasteiger charge is -2.30. The van der Waals surface area contributed by atoms with E-state index in [-0.39, 0.29) is 11.9 Å². The van der Waals surface area contributed by atoms with E-state index in [0.717, 1.165) is 11.3 Å². The quantitative estimate of drug-likeness (QED) is 0.891. The van der Waals surface area contributed by atoms with Gasteiger partial charge in [0.1, 0.15) is 5.75 Å². The molecule has 1 heterocycles. The van der Waals surface area contributed by atoms with Gasteiger partial charge < -0.3 is 20.1 Å². The third kappa shape index (κ3) is 3.36. The maximum Gasteiger partial charge on any atom is 0.232 e. The maximum absolute atomic E-state index is 12.6. The Morgan fingerprint density at radius 1 is 1.48 bits per heavy atom. The van der Waals surface area contributed by atoms with Crippen molar-refractivity contribution in [2.24, 2.45) is 11.1 Å². The number of benzene rings is 1. The Balaban J connectivity index is 2.00. The summed E-state index contributed by atoms with van der Waals surface area (Å²) < 4.78 is 10.8.